The summed E-state index contributed by atoms with van der Waals surface area (Å²) in [7, 11) is 2.04. The van der Waals surface area contributed by atoms with Gasteiger partial charge in [-0.15, -0.1) is 0 Å². The number of ether oxygens (including phenoxy) is 1. The summed E-state index contributed by atoms with van der Waals surface area (Å²) >= 11 is 0. The fourth-order valence-corrected chi connectivity index (χ4v) is 8.10. The second kappa shape index (κ2) is 8.21. The van der Waals surface area contributed by atoms with E-state index >= 15 is 0 Å². The number of aliphatic hydroxyl groups is 1. The number of hydrogen-bond acceptors (Lipinski definition) is 5. The van der Waals surface area contributed by atoms with E-state index < -0.39 is 11.0 Å². The van der Waals surface area contributed by atoms with E-state index in [4.69, 9.17) is 4.74 Å². The number of allylic oxidation sites excluding steroid dienone is 1. The third-order valence-electron chi connectivity index (χ3n) is 10.1. The molecule has 6 heteroatoms. The third kappa shape index (κ3) is 3.21. The number of carbonyl (C=O) groups is 1. The largest absolute Gasteiger partial charge is 0.504 e. The van der Waals surface area contributed by atoms with Crippen LogP contribution in [0, 0.1) is 5.92 Å². The van der Waals surface area contributed by atoms with Gasteiger partial charge in [0.05, 0.1) is 16.7 Å². The monoisotopic (exact) mass is 502 g/mol. The second-order valence-electron chi connectivity index (χ2n) is 12.2. The number of phenolic OH excluding ortho intramolecular Hbond substituents is 1. The molecule has 1 aromatic heterocycles. The number of ketones is 1. The van der Waals surface area contributed by atoms with Crippen LogP contribution < -0.4 is 4.74 Å². The molecule has 2 aliphatic heterocycles. The predicted octanol–water partition coefficient (Wildman–Crippen LogP) is 4.59. The highest BCUT2D eigenvalue weighted by Gasteiger charge is 2.72. The van der Waals surface area contributed by atoms with Crippen LogP contribution in [-0.2, 0) is 30.1 Å². The minimum atomic E-state index is -0.970. The summed E-state index contributed by atoms with van der Waals surface area (Å²) in [6.07, 6.45) is 11.7. The van der Waals surface area contributed by atoms with Gasteiger partial charge in [0.1, 0.15) is 0 Å². The first kappa shape index (κ1) is 23.5. The fraction of sp³-hybridized carbons (Fsp3) is 0.581. The Morgan fingerprint density at radius 3 is 2.86 bits per heavy atom. The zero-order valence-electron chi connectivity index (χ0n) is 22.0. The standard InChI is InChI=1S/C31H38N2O4/c1-3-4-5-6-23(34)11-10-22-15-21-17-31(36)25-16-20-9-12-24(35)28-26(20)30(31,29(37-28)27(21)32(22)2)13-14-33(25)18-19-7-8-19/h9-12,15,19,25,29,35-36H,3-8,13-14,16-18H2,1-2H3/b11-10+/t25-,29?,30+,31-/m1/s1. The van der Waals surface area contributed by atoms with Crippen LogP contribution in [0.5, 0.6) is 11.5 Å². The van der Waals surface area contributed by atoms with E-state index in [0.717, 1.165) is 73.6 Å². The Hall–Kier alpha value is -2.57. The summed E-state index contributed by atoms with van der Waals surface area (Å²) < 4.78 is 8.82. The fourth-order valence-electron chi connectivity index (χ4n) is 8.10. The van der Waals surface area contributed by atoms with Gasteiger partial charge in [0.2, 0.25) is 0 Å². The summed E-state index contributed by atoms with van der Waals surface area (Å²) in [6.45, 7) is 4.15. The zero-order valence-corrected chi connectivity index (χ0v) is 22.0. The van der Waals surface area contributed by atoms with Crippen LogP contribution in [0.2, 0.25) is 0 Å². The lowest BCUT2D eigenvalue weighted by atomic mass is 9.49. The first-order valence-corrected chi connectivity index (χ1v) is 14.2. The number of aromatic hydroxyl groups is 1. The first-order chi connectivity index (χ1) is 17.9. The molecule has 0 amide bonds. The van der Waals surface area contributed by atoms with Crippen molar-refractivity contribution >= 4 is 11.9 Å². The van der Waals surface area contributed by atoms with Crippen LogP contribution in [0.3, 0.4) is 0 Å². The lowest BCUT2D eigenvalue weighted by Gasteiger charge is -2.62. The second-order valence-corrected chi connectivity index (χ2v) is 12.2. The summed E-state index contributed by atoms with van der Waals surface area (Å²) in [5, 5.41) is 23.7. The van der Waals surface area contributed by atoms with Gasteiger partial charge in [0.25, 0.3) is 0 Å². The van der Waals surface area contributed by atoms with Crippen molar-refractivity contribution in [3.05, 3.63) is 52.4 Å². The van der Waals surface area contributed by atoms with Crippen molar-refractivity contribution in [3.63, 3.8) is 0 Å². The molecule has 1 saturated heterocycles. The van der Waals surface area contributed by atoms with Gasteiger partial charge in [-0.05, 0) is 80.0 Å². The molecule has 4 atom stereocenters. The van der Waals surface area contributed by atoms with E-state index in [-0.39, 0.29) is 23.7 Å². The predicted molar refractivity (Wildman–Crippen MR) is 142 cm³/mol. The van der Waals surface area contributed by atoms with Crippen molar-refractivity contribution in [2.75, 3.05) is 13.1 Å². The number of hydrogen-bond donors (Lipinski definition) is 2. The molecule has 1 aromatic carbocycles. The topological polar surface area (TPSA) is 74.9 Å². The number of piperidine rings is 1. The Labute approximate surface area is 218 Å². The molecule has 1 unspecified atom stereocenters. The number of benzene rings is 1. The van der Waals surface area contributed by atoms with Gasteiger partial charge >= 0.3 is 0 Å². The van der Waals surface area contributed by atoms with Crippen molar-refractivity contribution < 1.29 is 19.7 Å². The summed E-state index contributed by atoms with van der Waals surface area (Å²) in [5.74, 6) is 1.64. The summed E-state index contributed by atoms with van der Waals surface area (Å²) in [4.78, 5) is 15.0. The molecular formula is C31H38N2O4. The maximum Gasteiger partial charge on any atom is 0.166 e. The van der Waals surface area contributed by atoms with Crippen LogP contribution in [0.15, 0.2) is 24.3 Å². The third-order valence-corrected chi connectivity index (χ3v) is 10.1. The highest BCUT2D eigenvalue weighted by molar-refractivity contribution is 5.93. The Morgan fingerprint density at radius 1 is 1.24 bits per heavy atom. The SMILES string of the molecule is CCCCCC(=O)/C=C/c1cc2c(n1C)C1Oc3c(O)ccc4c3[C@@]13CCN(CC1CC1)[C@H](C4)[C@]3(O)C2. The van der Waals surface area contributed by atoms with Gasteiger partial charge in [0.15, 0.2) is 23.4 Å². The Balaban J connectivity index is 1.32. The number of rotatable bonds is 8. The molecule has 2 aromatic rings. The molecule has 7 rings (SSSR count). The van der Waals surface area contributed by atoms with Crippen molar-refractivity contribution in [2.24, 2.45) is 13.0 Å². The first-order valence-electron chi connectivity index (χ1n) is 14.2. The van der Waals surface area contributed by atoms with Crippen LogP contribution >= 0.6 is 0 Å². The van der Waals surface area contributed by atoms with E-state index in [1.807, 2.05) is 19.2 Å². The van der Waals surface area contributed by atoms with E-state index in [9.17, 15) is 15.0 Å². The summed E-state index contributed by atoms with van der Waals surface area (Å²) in [5.41, 5.74) is 3.83. The van der Waals surface area contributed by atoms with Crippen LogP contribution in [0.25, 0.3) is 6.08 Å². The molecule has 2 fully saturated rings. The number of fused-ring (bicyclic) bond motifs is 2. The minimum Gasteiger partial charge on any atom is -0.504 e. The molecule has 6 nitrogen and oxygen atoms in total. The molecule has 3 heterocycles. The van der Waals surface area contributed by atoms with Crippen molar-refractivity contribution in [1.82, 2.24) is 9.47 Å². The van der Waals surface area contributed by atoms with Crippen molar-refractivity contribution in [2.45, 2.75) is 87.9 Å². The van der Waals surface area contributed by atoms with Crippen LogP contribution in [0.1, 0.15) is 86.1 Å². The van der Waals surface area contributed by atoms with E-state index in [1.165, 1.54) is 18.4 Å². The number of aromatic nitrogens is 1. The number of likely N-dealkylation sites (tertiary alicyclic amines) is 1. The smallest absolute Gasteiger partial charge is 0.166 e. The maximum absolute atomic E-state index is 12.8. The molecule has 5 aliphatic rings. The Bertz CT molecular complexity index is 1310. The maximum atomic E-state index is 12.8. The van der Waals surface area contributed by atoms with Crippen LogP contribution in [0.4, 0.5) is 0 Å². The van der Waals surface area contributed by atoms with Gasteiger partial charge in [0, 0.05) is 43.7 Å². The minimum absolute atomic E-state index is 0.0310. The van der Waals surface area contributed by atoms with Crippen LogP contribution in [-0.4, -0.2) is 50.2 Å². The molecule has 2 N–H and O–H groups in total. The molecule has 196 valence electrons. The Morgan fingerprint density at radius 2 is 2.08 bits per heavy atom. The van der Waals surface area contributed by atoms with E-state index in [0.29, 0.717) is 18.6 Å². The van der Waals surface area contributed by atoms with Crippen molar-refractivity contribution in [1.29, 1.82) is 0 Å². The highest BCUT2D eigenvalue weighted by Crippen LogP contribution is 2.68. The number of unbranched alkanes of at least 4 members (excludes halogenated alkanes) is 2. The number of phenols is 1. The molecule has 0 radical (unpaired) electrons. The molecule has 37 heavy (non-hydrogen) atoms. The average molecular weight is 503 g/mol. The van der Waals surface area contributed by atoms with E-state index in [1.54, 1.807) is 12.1 Å². The summed E-state index contributed by atoms with van der Waals surface area (Å²) in [6, 6.07) is 5.98. The van der Waals surface area contributed by atoms with Gasteiger partial charge in [-0.1, -0.05) is 25.8 Å². The molecule has 1 saturated carbocycles. The van der Waals surface area contributed by atoms with Gasteiger partial charge in [-0.3, -0.25) is 9.69 Å². The lowest BCUT2D eigenvalue weighted by molar-refractivity contribution is -0.173. The van der Waals surface area contributed by atoms with Crippen molar-refractivity contribution in [3.8, 4) is 11.5 Å². The number of carbonyl (C=O) groups excluding carboxylic acids is 1. The zero-order chi connectivity index (χ0) is 25.5. The van der Waals surface area contributed by atoms with E-state index in [2.05, 4.69) is 22.5 Å². The quantitative estimate of drug-likeness (QED) is 0.408. The number of nitrogens with zero attached hydrogens (tertiary/aromatic N) is 2. The van der Waals surface area contributed by atoms with Gasteiger partial charge in [-0.25, -0.2) is 0 Å². The molecular weight excluding hydrogens is 464 g/mol. The molecule has 2 bridgehead atoms. The Kier molecular flexibility index (Phi) is 5.22. The molecule has 1 spiro atoms. The van der Waals surface area contributed by atoms with Gasteiger partial charge in [-0.2, -0.15) is 0 Å². The lowest BCUT2D eigenvalue weighted by Crippen LogP contribution is -2.74. The molecule has 3 aliphatic carbocycles. The average Bonchev–Trinajstić information content (AvgIpc) is 3.54. The van der Waals surface area contributed by atoms with Gasteiger partial charge < -0.3 is 19.5 Å². The normalized spacial score (nSPS) is 31.3. The highest BCUT2D eigenvalue weighted by atomic mass is 16.5.